The molecular weight excluding hydrogens is 341 g/mol. The maximum absolute atomic E-state index is 13.1. The largest absolute Gasteiger partial charge is 0.346 e. The first kappa shape index (κ1) is 16.8. The lowest BCUT2D eigenvalue weighted by Gasteiger charge is -2.08. The second-order valence-corrected chi connectivity index (χ2v) is 6.11. The quantitative estimate of drug-likeness (QED) is 0.590. The Bertz CT molecular complexity index is 1100. The summed E-state index contributed by atoms with van der Waals surface area (Å²) >= 11 is 0. The van der Waals surface area contributed by atoms with E-state index in [0.29, 0.717) is 17.0 Å². The molecule has 0 spiro atoms. The van der Waals surface area contributed by atoms with Gasteiger partial charge in [0.1, 0.15) is 12.1 Å². The van der Waals surface area contributed by atoms with Crippen molar-refractivity contribution in [1.29, 1.82) is 0 Å². The molecule has 0 atom stereocenters. The predicted octanol–water partition coefficient (Wildman–Crippen LogP) is 4.37. The van der Waals surface area contributed by atoms with Gasteiger partial charge in [-0.15, -0.1) is 0 Å². The molecule has 1 aromatic heterocycles. The molecular formula is C22H16FN3O. The first-order valence-corrected chi connectivity index (χ1v) is 8.53. The number of nitrogens with one attached hydrogen (secondary N) is 1. The fourth-order valence-corrected chi connectivity index (χ4v) is 2.96. The Kier molecular flexibility index (Phi) is 4.58. The number of rotatable bonds is 4. The number of amides is 1. The van der Waals surface area contributed by atoms with Gasteiger partial charge in [-0.25, -0.2) is 14.4 Å². The van der Waals surface area contributed by atoms with Crippen LogP contribution in [-0.4, -0.2) is 15.9 Å². The third kappa shape index (κ3) is 3.67. The van der Waals surface area contributed by atoms with Crippen molar-refractivity contribution in [3.05, 3.63) is 96.2 Å². The van der Waals surface area contributed by atoms with Crippen LogP contribution in [0.2, 0.25) is 0 Å². The molecule has 5 heteroatoms. The molecule has 1 amide bonds. The van der Waals surface area contributed by atoms with Crippen molar-refractivity contribution in [1.82, 2.24) is 15.3 Å². The van der Waals surface area contributed by atoms with Gasteiger partial charge in [0.2, 0.25) is 0 Å². The monoisotopic (exact) mass is 357 g/mol. The van der Waals surface area contributed by atoms with E-state index in [9.17, 15) is 9.18 Å². The molecule has 1 N–H and O–H groups in total. The molecule has 0 bridgehead atoms. The Hall–Kier alpha value is -3.60. The maximum atomic E-state index is 13.1. The number of hydrogen-bond acceptors (Lipinski definition) is 3. The summed E-state index contributed by atoms with van der Waals surface area (Å²) in [4.78, 5) is 21.1. The average molecular weight is 357 g/mol. The van der Waals surface area contributed by atoms with E-state index in [1.807, 2.05) is 42.5 Å². The van der Waals surface area contributed by atoms with Crippen LogP contribution in [0.5, 0.6) is 0 Å². The Morgan fingerprint density at radius 3 is 2.56 bits per heavy atom. The second kappa shape index (κ2) is 7.33. The number of halogens is 1. The minimum atomic E-state index is -0.296. The van der Waals surface area contributed by atoms with Crippen LogP contribution in [0, 0.1) is 5.82 Å². The van der Waals surface area contributed by atoms with Crippen molar-refractivity contribution in [2.75, 3.05) is 0 Å². The first-order chi connectivity index (χ1) is 13.2. The van der Waals surface area contributed by atoms with Crippen molar-refractivity contribution in [3.63, 3.8) is 0 Å². The van der Waals surface area contributed by atoms with Crippen molar-refractivity contribution in [2.45, 2.75) is 6.54 Å². The second-order valence-electron chi connectivity index (χ2n) is 6.11. The van der Waals surface area contributed by atoms with Gasteiger partial charge < -0.3 is 5.32 Å². The zero-order valence-electron chi connectivity index (χ0n) is 14.4. The Balaban J connectivity index is 1.52. The number of benzene rings is 3. The van der Waals surface area contributed by atoms with E-state index in [0.717, 1.165) is 16.3 Å². The number of carbonyl (C=O) groups excluding carboxylic acids is 1. The highest BCUT2D eigenvalue weighted by Crippen LogP contribution is 2.19. The lowest BCUT2D eigenvalue weighted by Crippen LogP contribution is -2.23. The summed E-state index contributed by atoms with van der Waals surface area (Å²) in [5.74, 6) is -0.455. The van der Waals surface area contributed by atoms with Crippen LogP contribution in [0.4, 0.5) is 4.39 Å². The van der Waals surface area contributed by atoms with Gasteiger partial charge in [0, 0.05) is 11.1 Å². The predicted molar refractivity (Wildman–Crippen MR) is 103 cm³/mol. The maximum Gasteiger partial charge on any atom is 0.252 e. The highest BCUT2D eigenvalue weighted by Gasteiger charge is 2.10. The third-order valence-corrected chi connectivity index (χ3v) is 4.33. The molecule has 0 saturated heterocycles. The van der Waals surface area contributed by atoms with Crippen molar-refractivity contribution in [2.24, 2.45) is 0 Å². The minimum absolute atomic E-state index is 0.159. The van der Waals surface area contributed by atoms with Gasteiger partial charge in [0.25, 0.3) is 5.91 Å². The zero-order chi connectivity index (χ0) is 18.6. The summed E-state index contributed by atoms with van der Waals surface area (Å²) in [5, 5.41) is 4.83. The molecule has 0 aliphatic heterocycles. The molecule has 4 rings (SSSR count). The van der Waals surface area contributed by atoms with Gasteiger partial charge in [-0.3, -0.25) is 4.79 Å². The summed E-state index contributed by atoms with van der Waals surface area (Å²) in [7, 11) is 0. The highest BCUT2D eigenvalue weighted by atomic mass is 19.1. The topological polar surface area (TPSA) is 54.9 Å². The lowest BCUT2D eigenvalue weighted by atomic mass is 10.0. The molecule has 4 nitrogen and oxygen atoms in total. The summed E-state index contributed by atoms with van der Waals surface area (Å²) < 4.78 is 13.1. The van der Waals surface area contributed by atoms with E-state index in [1.165, 1.54) is 18.5 Å². The van der Waals surface area contributed by atoms with E-state index in [4.69, 9.17) is 0 Å². The van der Waals surface area contributed by atoms with Gasteiger partial charge in [0.05, 0.1) is 17.9 Å². The Morgan fingerprint density at radius 2 is 1.70 bits per heavy atom. The molecule has 4 aromatic rings. The van der Waals surface area contributed by atoms with Crippen LogP contribution in [-0.2, 0) is 6.54 Å². The van der Waals surface area contributed by atoms with Gasteiger partial charge in [-0.05, 0) is 47.2 Å². The highest BCUT2D eigenvalue weighted by molar-refractivity contribution is 6.06. The molecule has 132 valence electrons. The number of fused-ring (bicyclic) bond motifs is 1. The number of hydrogen-bond donors (Lipinski definition) is 1. The van der Waals surface area contributed by atoms with Crippen LogP contribution < -0.4 is 5.32 Å². The molecule has 0 aliphatic rings. The minimum Gasteiger partial charge on any atom is -0.346 e. The van der Waals surface area contributed by atoms with E-state index in [-0.39, 0.29) is 18.3 Å². The van der Waals surface area contributed by atoms with E-state index >= 15 is 0 Å². The summed E-state index contributed by atoms with van der Waals surface area (Å²) in [6, 6.07) is 21.3. The number of nitrogens with zero attached hydrogens (tertiary/aromatic N) is 2. The zero-order valence-corrected chi connectivity index (χ0v) is 14.4. The fourth-order valence-electron chi connectivity index (χ4n) is 2.96. The van der Waals surface area contributed by atoms with Crippen LogP contribution >= 0.6 is 0 Å². The molecule has 1 heterocycles. The standard InChI is InChI=1S/C22H16FN3O/c23-17-10-8-16(9-11-17)21-12-18(25-14-26-21)13-24-22(27)20-7-3-5-15-4-1-2-6-19(15)20/h1-12,14H,13H2,(H,24,27). The summed E-state index contributed by atoms with van der Waals surface area (Å²) in [5.41, 5.74) is 2.78. The molecule has 0 radical (unpaired) electrons. The van der Waals surface area contributed by atoms with Gasteiger partial charge in [-0.1, -0.05) is 36.4 Å². The normalized spacial score (nSPS) is 10.7. The Labute approximate surface area is 155 Å². The SMILES string of the molecule is O=C(NCc1cc(-c2ccc(F)cc2)ncn1)c1cccc2ccccc12. The molecule has 3 aromatic carbocycles. The summed E-state index contributed by atoms with van der Waals surface area (Å²) in [6.07, 6.45) is 1.44. The number of aromatic nitrogens is 2. The molecule has 0 fully saturated rings. The Morgan fingerprint density at radius 1 is 0.926 bits per heavy atom. The lowest BCUT2D eigenvalue weighted by molar-refractivity contribution is 0.0952. The van der Waals surface area contributed by atoms with Crippen molar-refractivity contribution in [3.8, 4) is 11.3 Å². The van der Waals surface area contributed by atoms with Gasteiger partial charge >= 0.3 is 0 Å². The first-order valence-electron chi connectivity index (χ1n) is 8.53. The number of carbonyl (C=O) groups is 1. The van der Waals surface area contributed by atoms with E-state index in [2.05, 4.69) is 15.3 Å². The third-order valence-electron chi connectivity index (χ3n) is 4.33. The molecule has 0 unspecified atom stereocenters. The van der Waals surface area contributed by atoms with Gasteiger partial charge in [0.15, 0.2) is 0 Å². The van der Waals surface area contributed by atoms with Crippen LogP contribution in [0.3, 0.4) is 0 Å². The smallest absolute Gasteiger partial charge is 0.252 e. The van der Waals surface area contributed by atoms with Crippen LogP contribution in [0.25, 0.3) is 22.0 Å². The van der Waals surface area contributed by atoms with E-state index in [1.54, 1.807) is 18.2 Å². The molecule has 0 saturated carbocycles. The van der Waals surface area contributed by atoms with Crippen LogP contribution in [0.1, 0.15) is 16.1 Å². The fraction of sp³-hybridized carbons (Fsp3) is 0.0455. The van der Waals surface area contributed by atoms with Crippen LogP contribution in [0.15, 0.2) is 79.1 Å². The average Bonchev–Trinajstić information content (AvgIpc) is 2.72. The molecule has 27 heavy (non-hydrogen) atoms. The molecule has 0 aliphatic carbocycles. The van der Waals surface area contributed by atoms with Crippen molar-refractivity contribution >= 4 is 16.7 Å². The summed E-state index contributed by atoms with van der Waals surface area (Å²) in [6.45, 7) is 0.277. The van der Waals surface area contributed by atoms with Crippen molar-refractivity contribution < 1.29 is 9.18 Å². The van der Waals surface area contributed by atoms with E-state index < -0.39 is 0 Å². The van der Waals surface area contributed by atoms with Gasteiger partial charge in [-0.2, -0.15) is 0 Å².